The molecule has 1 N–H and O–H groups in total. The second-order valence-corrected chi connectivity index (χ2v) is 7.48. The third-order valence-corrected chi connectivity index (χ3v) is 5.12. The van der Waals surface area contributed by atoms with Crippen LogP contribution in [0.25, 0.3) is 11.1 Å². The first-order valence-electron chi connectivity index (χ1n) is 10.6. The number of hydrogen-bond donors (Lipinski definition) is 1. The van der Waals surface area contributed by atoms with Crippen LogP contribution in [0.4, 0.5) is 0 Å². The van der Waals surface area contributed by atoms with Gasteiger partial charge in [0, 0.05) is 6.54 Å². The van der Waals surface area contributed by atoms with Gasteiger partial charge in [0.2, 0.25) is 0 Å². The average Bonchev–Trinajstić information content (AvgIpc) is 2.84. The maximum Gasteiger partial charge on any atom is 0.310 e. The van der Waals surface area contributed by atoms with Crippen molar-refractivity contribution < 1.29 is 23.8 Å². The molecule has 0 saturated carbocycles. The minimum absolute atomic E-state index is 0.125. The van der Waals surface area contributed by atoms with E-state index < -0.39 is 5.97 Å². The molecule has 0 spiro atoms. The first-order chi connectivity index (χ1) is 15.7. The molecule has 0 aliphatic carbocycles. The van der Waals surface area contributed by atoms with Crippen molar-refractivity contribution >= 4 is 11.9 Å². The third kappa shape index (κ3) is 5.88. The summed E-state index contributed by atoms with van der Waals surface area (Å²) in [5.41, 5.74) is 4.08. The zero-order chi connectivity index (χ0) is 22.2. The Hall–Kier alpha value is -3.80. The van der Waals surface area contributed by atoms with Gasteiger partial charge in [-0.2, -0.15) is 0 Å². The van der Waals surface area contributed by atoms with Crippen molar-refractivity contribution in [3.63, 3.8) is 0 Å². The Kier molecular flexibility index (Phi) is 7.02. The highest BCUT2D eigenvalue weighted by Gasteiger charge is 2.12. The van der Waals surface area contributed by atoms with E-state index in [1.807, 2.05) is 72.8 Å². The number of carbonyl (C=O) groups is 2. The van der Waals surface area contributed by atoms with Gasteiger partial charge in [0.15, 0.2) is 18.1 Å². The topological polar surface area (TPSA) is 73.9 Å². The van der Waals surface area contributed by atoms with Gasteiger partial charge in [0.25, 0.3) is 5.91 Å². The van der Waals surface area contributed by atoms with Crippen LogP contribution in [0, 0.1) is 0 Å². The van der Waals surface area contributed by atoms with Gasteiger partial charge in [-0.05, 0) is 40.8 Å². The number of hydrogen-bond acceptors (Lipinski definition) is 5. The minimum Gasteiger partial charge on any atom is -0.486 e. The zero-order valence-electron chi connectivity index (χ0n) is 17.7. The number of fused-ring (bicyclic) bond motifs is 1. The molecule has 0 unspecified atom stereocenters. The lowest BCUT2D eigenvalue weighted by Crippen LogP contribution is -2.30. The van der Waals surface area contributed by atoms with Gasteiger partial charge in [0.05, 0.1) is 6.42 Å². The van der Waals surface area contributed by atoms with Crippen LogP contribution in [-0.4, -0.2) is 38.2 Å². The molecule has 4 rings (SSSR count). The largest absolute Gasteiger partial charge is 0.486 e. The lowest BCUT2D eigenvalue weighted by Gasteiger charge is -2.18. The first-order valence-corrected chi connectivity index (χ1v) is 10.6. The van der Waals surface area contributed by atoms with Crippen molar-refractivity contribution in [1.29, 1.82) is 0 Å². The summed E-state index contributed by atoms with van der Waals surface area (Å²) in [4.78, 5) is 24.1. The van der Waals surface area contributed by atoms with Crippen LogP contribution in [0.3, 0.4) is 0 Å². The van der Waals surface area contributed by atoms with Gasteiger partial charge in [-0.1, -0.05) is 60.7 Å². The molecule has 0 fully saturated rings. The molecule has 0 radical (unpaired) electrons. The van der Waals surface area contributed by atoms with E-state index in [2.05, 4.69) is 5.32 Å². The Morgan fingerprint density at radius 1 is 0.812 bits per heavy atom. The zero-order valence-corrected chi connectivity index (χ0v) is 17.7. The number of ether oxygens (including phenoxy) is 3. The van der Waals surface area contributed by atoms with Gasteiger partial charge in [-0.3, -0.25) is 9.59 Å². The molecule has 1 aliphatic heterocycles. The van der Waals surface area contributed by atoms with Gasteiger partial charge in [-0.15, -0.1) is 0 Å². The quantitative estimate of drug-likeness (QED) is 0.552. The average molecular weight is 431 g/mol. The maximum absolute atomic E-state index is 12.1. The first kappa shape index (κ1) is 21.4. The molecular weight excluding hydrogens is 406 g/mol. The molecule has 3 aromatic carbocycles. The molecule has 3 aromatic rings. The van der Waals surface area contributed by atoms with E-state index in [-0.39, 0.29) is 18.9 Å². The highest BCUT2D eigenvalue weighted by atomic mass is 16.6. The highest BCUT2D eigenvalue weighted by molar-refractivity contribution is 5.81. The van der Waals surface area contributed by atoms with Crippen molar-refractivity contribution in [2.24, 2.45) is 0 Å². The van der Waals surface area contributed by atoms with E-state index in [9.17, 15) is 9.59 Å². The van der Waals surface area contributed by atoms with Crippen LogP contribution in [0.5, 0.6) is 11.5 Å². The minimum atomic E-state index is -0.431. The number of benzene rings is 3. The number of carbonyl (C=O) groups excluding carboxylic acids is 2. The van der Waals surface area contributed by atoms with Crippen molar-refractivity contribution in [2.45, 2.75) is 12.8 Å². The van der Waals surface area contributed by atoms with Crippen LogP contribution >= 0.6 is 0 Å². The molecule has 6 nitrogen and oxygen atoms in total. The van der Waals surface area contributed by atoms with Crippen molar-refractivity contribution in [1.82, 2.24) is 5.32 Å². The van der Waals surface area contributed by atoms with Crippen LogP contribution < -0.4 is 14.8 Å². The second kappa shape index (κ2) is 10.5. The predicted octanol–water partition coefficient (Wildman–Crippen LogP) is 3.57. The fraction of sp³-hybridized carbons (Fsp3) is 0.231. The molecule has 1 aliphatic rings. The van der Waals surface area contributed by atoms with Crippen LogP contribution in [0.2, 0.25) is 0 Å². The van der Waals surface area contributed by atoms with Gasteiger partial charge < -0.3 is 19.5 Å². The van der Waals surface area contributed by atoms with E-state index in [0.717, 1.165) is 33.8 Å². The Morgan fingerprint density at radius 2 is 1.50 bits per heavy atom. The predicted molar refractivity (Wildman–Crippen MR) is 121 cm³/mol. The van der Waals surface area contributed by atoms with Crippen LogP contribution in [-0.2, 0) is 27.2 Å². The summed E-state index contributed by atoms with van der Waals surface area (Å²) in [6.45, 7) is 1.24. The van der Waals surface area contributed by atoms with E-state index in [4.69, 9.17) is 14.2 Å². The molecule has 0 atom stereocenters. The Bertz CT molecular complexity index is 1060. The Morgan fingerprint density at radius 3 is 2.28 bits per heavy atom. The summed E-state index contributed by atoms with van der Waals surface area (Å²) in [6.07, 6.45) is 0.767. The van der Waals surface area contributed by atoms with Crippen LogP contribution in [0.1, 0.15) is 11.1 Å². The molecule has 6 heteroatoms. The molecule has 1 amide bonds. The van der Waals surface area contributed by atoms with Crippen molar-refractivity contribution in [3.8, 4) is 22.6 Å². The fourth-order valence-electron chi connectivity index (χ4n) is 3.45. The molecule has 164 valence electrons. The summed E-state index contributed by atoms with van der Waals surface area (Å²) in [7, 11) is 0. The number of nitrogens with one attached hydrogen (secondary N) is 1. The van der Waals surface area contributed by atoms with Crippen LogP contribution in [0.15, 0.2) is 72.8 Å². The maximum atomic E-state index is 12.1. The standard InChI is InChI=1S/C26H25NO5/c28-25(27-13-12-20-8-11-23-24(16-20)31-15-14-30-23)18-32-26(29)17-19-6-9-22(10-7-19)21-4-2-1-3-5-21/h1-11,16H,12-15,17-18H2,(H,27,28). The molecule has 0 aromatic heterocycles. The van der Waals surface area contributed by atoms with Crippen molar-refractivity contribution in [3.05, 3.63) is 83.9 Å². The second-order valence-electron chi connectivity index (χ2n) is 7.48. The Labute approximate surface area is 187 Å². The Balaban J connectivity index is 1.17. The molecule has 0 bridgehead atoms. The highest BCUT2D eigenvalue weighted by Crippen LogP contribution is 2.30. The summed E-state index contributed by atoms with van der Waals surface area (Å²) < 4.78 is 16.2. The monoisotopic (exact) mass is 431 g/mol. The van der Waals surface area contributed by atoms with E-state index >= 15 is 0 Å². The summed E-state index contributed by atoms with van der Waals surface area (Å²) in [6, 6.07) is 23.5. The summed E-state index contributed by atoms with van der Waals surface area (Å²) in [5.74, 6) is 0.714. The van der Waals surface area contributed by atoms with Crippen molar-refractivity contribution in [2.75, 3.05) is 26.4 Å². The van der Waals surface area contributed by atoms with Gasteiger partial charge in [0.1, 0.15) is 13.2 Å². The third-order valence-electron chi connectivity index (χ3n) is 5.12. The summed E-state index contributed by atoms with van der Waals surface area (Å²) in [5, 5.41) is 2.77. The van der Waals surface area contributed by atoms with E-state index in [0.29, 0.717) is 26.2 Å². The number of rotatable bonds is 8. The molecule has 0 saturated heterocycles. The lowest BCUT2D eigenvalue weighted by molar-refractivity contribution is -0.147. The smallest absolute Gasteiger partial charge is 0.310 e. The molecular formula is C26H25NO5. The number of amides is 1. The van der Waals surface area contributed by atoms with E-state index in [1.54, 1.807) is 0 Å². The lowest BCUT2D eigenvalue weighted by atomic mass is 10.0. The molecule has 32 heavy (non-hydrogen) atoms. The van der Waals surface area contributed by atoms with Gasteiger partial charge in [-0.25, -0.2) is 0 Å². The fourth-order valence-corrected chi connectivity index (χ4v) is 3.45. The SMILES string of the molecule is O=C(COC(=O)Cc1ccc(-c2ccccc2)cc1)NCCc1ccc2c(c1)OCCO2. The summed E-state index contributed by atoms with van der Waals surface area (Å²) >= 11 is 0. The van der Waals surface area contributed by atoms with Gasteiger partial charge >= 0.3 is 5.97 Å². The van der Waals surface area contributed by atoms with E-state index in [1.165, 1.54) is 0 Å². The molecule has 1 heterocycles. The normalized spacial score (nSPS) is 12.1. The number of esters is 1.